The lowest BCUT2D eigenvalue weighted by molar-refractivity contribution is 0.232. The van der Waals surface area contributed by atoms with E-state index < -0.39 is 16.1 Å². The number of urea groups is 1. The Morgan fingerprint density at radius 1 is 1.20 bits per heavy atom. The number of nitrogens with one attached hydrogen (secondary N) is 1. The number of para-hydroxylation sites is 1. The molecule has 1 aliphatic carbocycles. The number of hydrogen-bond acceptors (Lipinski definition) is 3. The molecule has 0 atom stereocenters. The van der Waals surface area contributed by atoms with E-state index in [9.17, 15) is 13.2 Å². The summed E-state index contributed by atoms with van der Waals surface area (Å²) in [7, 11) is -3.70. The highest BCUT2D eigenvalue weighted by molar-refractivity contribution is 7.90. The number of amides is 2. The maximum Gasteiger partial charge on any atom is 0.335 e. The maximum absolute atomic E-state index is 12.5. The number of fused-ring (bicyclic) bond motifs is 1. The van der Waals surface area contributed by atoms with Crippen molar-refractivity contribution in [2.45, 2.75) is 37.0 Å². The van der Waals surface area contributed by atoms with Crippen molar-refractivity contribution in [3.05, 3.63) is 24.3 Å². The molecule has 1 N–H and O–H groups in total. The second kappa shape index (κ2) is 5.09. The molecule has 1 aromatic rings. The molecule has 6 heteroatoms. The summed E-state index contributed by atoms with van der Waals surface area (Å²) in [5.74, 6) is 0.551. The first-order valence-electron chi connectivity index (χ1n) is 7.02. The smallest absolute Gasteiger partial charge is 0.306 e. The molecule has 2 aliphatic rings. The second-order valence-corrected chi connectivity index (χ2v) is 7.27. The normalized spacial score (nSPS) is 21.6. The lowest BCUT2D eigenvalue weighted by Crippen LogP contribution is -2.44. The molecule has 108 valence electrons. The van der Waals surface area contributed by atoms with Gasteiger partial charge in [-0.2, -0.15) is 0 Å². The molecule has 1 saturated carbocycles. The Bertz CT molecular complexity index is 621. The molecule has 2 amide bonds. The topological polar surface area (TPSA) is 66.5 Å². The van der Waals surface area contributed by atoms with Crippen LogP contribution in [-0.4, -0.2) is 25.3 Å². The molecule has 1 fully saturated rings. The first-order chi connectivity index (χ1) is 9.59. The third-order valence-electron chi connectivity index (χ3n) is 4.14. The summed E-state index contributed by atoms with van der Waals surface area (Å²) in [6.45, 7) is 0.271. The van der Waals surface area contributed by atoms with Crippen molar-refractivity contribution in [3.63, 3.8) is 0 Å². The number of sulfonamides is 1. The van der Waals surface area contributed by atoms with Gasteiger partial charge in [-0.15, -0.1) is 0 Å². The summed E-state index contributed by atoms with van der Waals surface area (Å²) in [5.41, 5.74) is 0.370. The SMILES string of the molecule is O=C1Nc2ccccc2S(=O)(=O)N1CCC1CCCC1. The van der Waals surface area contributed by atoms with E-state index in [4.69, 9.17) is 0 Å². The fourth-order valence-corrected chi connectivity index (χ4v) is 4.52. The average molecular weight is 294 g/mol. The van der Waals surface area contributed by atoms with Crippen LogP contribution in [0.1, 0.15) is 32.1 Å². The van der Waals surface area contributed by atoms with Crippen LogP contribution in [0.25, 0.3) is 0 Å². The predicted octanol–water partition coefficient (Wildman–Crippen LogP) is 2.80. The van der Waals surface area contributed by atoms with E-state index in [1.807, 2.05) is 0 Å². The van der Waals surface area contributed by atoms with E-state index in [1.54, 1.807) is 18.2 Å². The standard InChI is InChI=1S/C14H18N2O3S/c17-14-15-12-7-3-4-8-13(12)20(18,19)16(14)10-9-11-5-1-2-6-11/h3-4,7-8,11H,1-2,5-6,9-10H2,(H,15,17). The molecule has 0 radical (unpaired) electrons. The quantitative estimate of drug-likeness (QED) is 0.932. The van der Waals surface area contributed by atoms with Crippen molar-refractivity contribution in [1.82, 2.24) is 4.31 Å². The van der Waals surface area contributed by atoms with E-state index in [2.05, 4.69) is 5.32 Å². The first-order valence-corrected chi connectivity index (χ1v) is 8.46. The fourth-order valence-electron chi connectivity index (χ4n) is 3.02. The van der Waals surface area contributed by atoms with Crippen LogP contribution in [0.5, 0.6) is 0 Å². The molecule has 20 heavy (non-hydrogen) atoms. The molecule has 5 nitrogen and oxygen atoms in total. The van der Waals surface area contributed by atoms with Gasteiger partial charge in [-0.1, -0.05) is 37.8 Å². The van der Waals surface area contributed by atoms with Gasteiger partial charge in [0.05, 0.1) is 5.69 Å². The van der Waals surface area contributed by atoms with E-state index in [1.165, 1.54) is 18.9 Å². The van der Waals surface area contributed by atoms with E-state index in [0.29, 0.717) is 11.6 Å². The van der Waals surface area contributed by atoms with E-state index >= 15 is 0 Å². The second-order valence-electron chi connectivity index (χ2n) is 5.44. The largest absolute Gasteiger partial charge is 0.335 e. The number of carbonyl (C=O) groups excluding carboxylic acids is 1. The number of benzene rings is 1. The van der Waals surface area contributed by atoms with Gasteiger partial charge in [0.25, 0.3) is 10.0 Å². The Kier molecular flexibility index (Phi) is 3.41. The van der Waals surface area contributed by atoms with Gasteiger partial charge in [0.15, 0.2) is 0 Å². The van der Waals surface area contributed by atoms with Gasteiger partial charge >= 0.3 is 6.03 Å². The number of nitrogens with zero attached hydrogens (tertiary/aromatic N) is 1. The summed E-state index contributed by atoms with van der Waals surface area (Å²) in [6, 6.07) is 5.99. The lowest BCUT2D eigenvalue weighted by atomic mass is 10.0. The number of carbonyl (C=O) groups is 1. The summed E-state index contributed by atoms with van der Waals surface area (Å²) in [4.78, 5) is 12.2. The Morgan fingerprint density at radius 2 is 1.90 bits per heavy atom. The van der Waals surface area contributed by atoms with Crippen LogP contribution >= 0.6 is 0 Å². The van der Waals surface area contributed by atoms with Crippen LogP contribution < -0.4 is 5.32 Å². The fraction of sp³-hybridized carbons (Fsp3) is 0.500. The first kappa shape index (κ1) is 13.4. The van der Waals surface area contributed by atoms with E-state index in [0.717, 1.165) is 23.6 Å². The van der Waals surface area contributed by atoms with Crippen LogP contribution in [0.3, 0.4) is 0 Å². The molecular weight excluding hydrogens is 276 g/mol. The minimum atomic E-state index is -3.70. The summed E-state index contributed by atoms with van der Waals surface area (Å²) in [5, 5.41) is 2.65. The van der Waals surface area contributed by atoms with Crippen LogP contribution in [-0.2, 0) is 10.0 Å². The summed E-state index contributed by atoms with van der Waals surface area (Å²) >= 11 is 0. The van der Waals surface area contributed by atoms with Gasteiger partial charge in [0, 0.05) is 6.54 Å². The van der Waals surface area contributed by atoms with Crippen molar-refractivity contribution in [3.8, 4) is 0 Å². The summed E-state index contributed by atoms with van der Waals surface area (Å²) < 4.78 is 25.9. The zero-order valence-electron chi connectivity index (χ0n) is 11.2. The molecule has 0 bridgehead atoms. The Morgan fingerprint density at radius 3 is 2.65 bits per heavy atom. The molecule has 0 spiro atoms. The molecular formula is C14H18N2O3S. The molecule has 1 aromatic carbocycles. The third kappa shape index (κ3) is 2.28. The molecule has 1 heterocycles. The van der Waals surface area contributed by atoms with Gasteiger partial charge in [0.2, 0.25) is 0 Å². The minimum Gasteiger partial charge on any atom is -0.306 e. The van der Waals surface area contributed by atoms with Crippen molar-refractivity contribution in [2.24, 2.45) is 5.92 Å². The highest BCUT2D eigenvalue weighted by Gasteiger charge is 2.36. The highest BCUT2D eigenvalue weighted by Crippen LogP contribution is 2.32. The molecule has 0 unspecified atom stereocenters. The number of anilines is 1. The van der Waals surface area contributed by atoms with Crippen molar-refractivity contribution < 1.29 is 13.2 Å². The van der Waals surface area contributed by atoms with Crippen LogP contribution in [0.2, 0.25) is 0 Å². The molecule has 3 rings (SSSR count). The highest BCUT2D eigenvalue weighted by atomic mass is 32.2. The Hall–Kier alpha value is -1.56. The van der Waals surface area contributed by atoms with Gasteiger partial charge < -0.3 is 5.32 Å². The van der Waals surface area contributed by atoms with Crippen LogP contribution in [0, 0.1) is 5.92 Å². The monoisotopic (exact) mass is 294 g/mol. The maximum atomic E-state index is 12.5. The Labute approximate surface area is 119 Å². The predicted molar refractivity (Wildman–Crippen MR) is 75.9 cm³/mol. The average Bonchev–Trinajstić information content (AvgIpc) is 2.91. The summed E-state index contributed by atoms with van der Waals surface area (Å²) in [6.07, 6.45) is 5.48. The van der Waals surface area contributed by atoms with E-state index in [-0.39, 0.29) is 11.4 Å². The van der Waals surface area contributed by atoms with Gasteiger partial charge in [-0.05, 0) is 24.5 Å². The zero-order chi connectivity index (χ0) is 14.2. The van der Waals surface area contributed by atoms with Crippen LogP contribution in [0.4, 0.5) is 10.5 Å². The van der Waals surface area contributed by atoms with Crippen molar-refractivity contribution in [1.29, 1.82) is 0 Å². The molecule has 1 aliphatic heterocycles. The lowest BCUT2D eigenvalue weighted by Gasteiger charge is -2.29. The van der Waals surface area contributed by atoms with Crippen LogP contribution in [0.15, 0.2) is 29.2 Å². The number of hydrogen-bond donors (Lipinski definition) is 1. The van der Waals surface area contributed by atoms with Crippen molar-refractivity contribution in [2.75, 3.05) is 11.9 Å². The molecule has 0 saturated heterocycles. The number of rotatable bonds is 3. The Balaban J connectivity index is 1.82. The molecule has 0 aromatic heterocycles. The van der Waals surface area contributed by atoms with Gasteiger partial charge in [0.1, 0.15) is 4.90 Å². The zero-order valence-corrected chi connectivity index (χ0v) is 12.0. The third-order valence-corrected chi connectivity index (χ3v) is 5.98. The van der Waals surface area contributed by atoms with Gasteiger partial charge in [-0.25, -0.2) is 17.5 Å². The van der Waals surface area contributed by atoms with Crippen molar-refractivity contribution >= 4 is 21.7 Å². The van der Waals surface area contributed by atoms with Gasteiger partial charge in [-0.3, -0.25) is 0 Å². The minimum absolute atomic E-state index is 0.186.